The fourth-order valence-electron chi connectivity index (χ4n) is 3.20. The summed E-state index contributed by atoms with van der Waals surface area (Å²) < 4.78 is 45.7. The lowest BCUT2D eigenvalue weighted by Gasteiger charge is -2.13. The smallest absolute Gasteiger partial charge is 0.416 e. The van der Waals surface area contributed by atoms with Crippen LogP contribution < -0.4 is 15.4 Å². The monoisotopic (exact) mass is 445 g/mol. The van der Waals surface area contributed by atoms with Gasteiger partial charge in [-0.1, -0.05) is 0 Å². The van der Waals surface area contributed by atoms with Gasteiger partial charge < -0.3 is 15.4 Å². The molecule has 0 radical (unpaired) electrons. The third kappa shape index (κ3) is 4.71. The standard InChI is InChI=1S/C21H18F3N5O3/c1-29-7-6-17(28-29)16-8-12(19(31)27-14-9-18(30)25-11-14)10-26-20(16)32-15-4-2-13(3-5-15)21(22,23)24/h2-8,10,14H,9,11H2,1H3,(H,25,30)(H,27,31)/t14-/m1/s1. The first-order valence-electron chi connectivity index (χ1n) is 9.62. The van der Waals surface area contributed by atoms with Crippen molar-refractivity contribution in [3.63, 3.8) is 0 Å². The number of alkyl halides is 3. The summed E-state index contributed by atoms with van der Waals surface area (Å²) in [6.07, 6.45) is -1.27. The largest absolute Gasteiger partial charge is 0.438 e. The van der Waals surface area contributed by atoms with Crippen molar-refractivity contribution < 1.29 is 27.5 Å². The number of benzene rings is 1. The van der Waals surface area contributed by atoms with E-state index in [1.807, 2.05) is 0 Å². The van der Waals surface area contributed by atoms with E-state index < -0.39 is 17.6 Å². The Bertz CT molecular complexity index is 1160. The maximum atomic E-state index is 12.8. The predicted molar refractivity (Wildman–Crippen MR) is 107 cm³/mol. The van der Waals surface area contributed by atoms with E-state index in [4.69, 9.17) is 4.74 Å². The van der Waals surface area contributed by atoms with E-state index in [0.29, 0.717) is 17.8 Å². The first kappa shape index (κ1) is 21.3. The lowest BCUT2D eigenvalue weighted by molar-refractivity contribution is -0.137. The molecule has 1 saturated heterocycles. The van der Waals surface area contributed by atoms with Gasteiger partial charge >= 0.3 is 6.18 Å². The molecule has 1 aromatic carbocycles. The second-order valence-electron chi connectivity index (χ2n) is 7.25. The van der Waals surface area contributed by atoms with Crippen LogP contribution in [0.2, 0.25) is 0 Å². The molecule has 0 unspecified atom stereocenters. The number of amides is 2. The molecule has 0 bridgehead atoms. The van der Waals surface area contributed by atoms with Crippen LogP contribution in [0.3, 0.4) is 0 Å². The van der Waals surface area contributed by atoms with Crippen molar-refractivity contribution in [2.75, 3.05) is 6.54 Å². The number of carbonyl (C=O) groups excluding carboxylic acids is 2. The Labute approximate surface area is 180 Å². The first-order chi connectivity index (χ1) is 15.2. The molecule has 1 aliphatic heterocycles. The van der Waals surface area contributed by atoms with Crippen molar-refractivity contribution in [3.05, 3.63) is 59.9 Å². The van der Waals surface area contributed by atoms with Crippen LogP contribution in [0.1, 0.15) is 22.3 Å². The van der Waals surface area contributed by atoms with Gasteiger partial charge in [0.15, 0.2) is 0 Å². The summed E-state index contributed by atoms with van der Waals surface area (Å²) in [5, 5.41) is 9.71. The van der Waals surface area contributed by atoms with Gasteiger partial charge in [0.2, 0.25) is 11.8 Å². The molecule has 32 heavy (non-hydrogen) atoms. The summed E-state index contributed by atoms with van der Waals surface area (Å²) in [7, 11) is 1.72. The van der Waals surface area contributed by atoms with Gasteiger partial charge in [-0.15, -0.1) is 0 Å². The van der Waals surface area contributed by atoms with Gasteiger partial charge in [-0.3, -0.25) is 14.3 Å². The summed E-state index contributed by atoms with van der Waals surface area (Å²) in [4.78, 5) is 28.2. The Morgan fingerprint density at radius 3 is 2.59 bits per heavy atom. The minimum absolute atomic E-state index is 0.0812. The first-order valence-corrected chi connectivity index (χ1v) is 9.62. The van der Waals surface area contributed by atoms with Crippen molar-refractivity contribution >= 4 is 11.8 Å². The van der Waals surface area contributed by atoms with Gasteiger partial charge in [0.1, 0.15) is 5.75 Å². The zero-order chi connectivity index (χ0) is 22.9. The van der Waals surface area contributed by atoms with Crippen molar-refractivity contribution in [1.29, 1.82) is 0 Å². The Morgan fingerprint density at radius 1 is 1.25 bits per heavy atom. The number of rotatable bonds is 5. The van der Waals surface area contributed by atoms with Crippen LogP contribution in [0, 0.1) is 0 Å². The van der Waals surface area contributed by atoms with Gasteiger partial charge in [0, 0.05) is 32.4 Å². The molecule has 0 spiro atoms. The number of nitrogens with zero attached hydrogens (tertiary/aromatic N) is 3. The number of hydrogen-bond acceptors (Lipinski definition) is 5. The highest BCUT2D eigenvalue weighted by atomic mass is 19.4. The lowest BCUT2D eigenvalue weighted by atomic mass is 10.1. The van der Waals surface area contributed by atoms with Gasteiger partial charge in [-0.2, -0.15) is 18.3 Å². The molecule has 2 aromatic heterocycles. The summed E-state index contributed by atoms with van der Waals surface area (Å²) >= 11 is 0. The molecule has 166 valence electrons. The molecule has 4 rings (SSSR count). The van der Waals surface area contributed by atoms with Crippen LogP contribution in [0.5, 0.6) is 11.6 Å². The molecular weight excluding hydrogens is 427 g/mol. The molecule has 3 heterocycles. The third-order valence-electron chi connectivity index (χ3n) is 4.81. The summed E-state index contributed by atoms with van der Waals surface area (Å²) in [5.41, 5.74) is 0.285. The van der Waals surface area contributed by atoms with Crippen LogP contribution in [0.15, 0.2) is 48.8 Å². The number of ether oxygens (including phenoxy) is 1. The third-order valence-corrected chi connectivity index (χ3v) is 4.81. The SMILES string of the molecule is Cn1ccc(-c2cc(C(=O)N[C@H]3CNC(=O)C3)cnc2Oc2ccc(C(F)(F)F)cc2)n1. The molecule has 0 aliphatic carbocycles. The second kappa shape index (κ2) is 8.33. The van der Waals surface area contributed by atoms with Gasteiger partial charge in [0.25, 0.3) is 5.91 Å². The van der Waals surface area contributed by atoms with Gasteiger partial charge in [-0.25, -0.2) is 4.98 Å². The summed E-state index contributed by atoms with van der Waals surface area (Å²) in [5.74, 6) is -0.326. The zero-order valence-electron chi connectivity index (χ0n) is 16.8. The maximum Gasteiger partial charge on any atom is 0.416 e. The van der Waals surface area contributed by atoms with E-state index in [2.05, 4.69) is 20.7 Å². The van der Waals surface area contributed by atoms with Gasteiger partial charge in [-0.05, 0) is 36.4 Å². The summed E-state index contributed by atoms with van der Waals surface area (Å²) in [6, 6.07) is 7.11. The molecule has 1 atom stereocenters. The minimum atomic E-state index is -4.45. The maximum absolute atomic E-state index is 12.8. The molecule has 3 aromatic rings. The highest BCUT2D eigenvalue weighted by Crippen LogP contribution is 2.34. The quantitative estimate of drug-likeness (QED) is 0.630. The Hall–Kier alpha value is -3.89. The molecular formula is C21H18F3N5O3. The molecule has 2 N–H and O–H groups in total. The van der Waals surface area contributed by atoms with E-state index in [-0.39, 0.29) is 35.6 Å². The number of hydrogen-bond donors (Lipinski definition) is 2. The average molecular weight is 445 g/mol. The number of halogens is 3. The fourth-order valence-corrected chi connectivity index (χ4v) is 3.20. The van der Waals surface area contributed by atoms with Gasteiger partial charge in [0.05, 0.1) is 28.4 Å². The van der Waals surface area contributed by atoms with Crippen molar-refractivity contribution in [2.45, 2.75) is 18.6 Å². The highest BCUT2D eigenvalue weighted by molar-refractivity contribution is 5.96. The van der Waals surface area contributed by atoms with Crippen LogP contribution in [-0.2, 0) is 18.0 Å². The Balaban J connectivity index is 1.61. The van der Waals surface area contributed by atoms with Crippen LogP contribution >= 0.6 is 0 Å². The van der Waals surface area contributed by atoms with E-state index >= 15 is 0 Å². The van der Waals surface area contributed by atoms with E-state index in [9.17, 15) is 22.8 Å². The molecule has 0 saturated carbocycles. The number of carbonyl (C=O) groups is 2. The van der Waals surface area contributed by atoms with Crippen LogP contribution in [0.4, 0.5) is 13.2 Å². The topological polar surface area (TPSA) is 98.1 Å². The Kier molecular flexibility index (Phi) is 5.56. The Morgan fingerprint density at radius 2 is 2.00 bits per heavy atom. The second-order valence-corrected chi connectivity index (χ2v) is 7.25. The minimum Gasteiger partial charge on any atom is -0.438 e. The molecule has 1 aliphatic rings. The lowest BCUT2D eigenvalue weighted by Crippen LogP contribution is -2.36. The molecule has 2 amide bonds. The fraction of sp³-hybridized carbons (Fsp3) is 0.238. The number of aromatic nitrogens is 3. The molecule has 1 fully saturated rings. The van der Waals surface area contributed by atoms with Crippen molar-refractivity contribution in [2.24, 2.45) is 7.05 Å². The van der Waals surface area contributed by atoms with Crippen molar-refractivity contribution in [1.82, 2.24) is 25.4 Å². The normalized spacial score (nSPS) is 16.0. The highest BCUT2D eigenvalue weighted by Gasteiger charge is 2.30. The number of nitrogens with one attached hydrogen (secondary N) is 2. The molecule has 8 nitrogen and oxygen atoms in total. The van der Waals surface area contributed by atoms with Crippen LogP contribution in [0.25, 0.3) is 11.3 Å². The number of pyridine rings is 1. The summed E-state index contributed by atoms with van der Waals surface area (Å²) in [6.45, 7) is 0.347. The zero-order valence-corrected chi connectivity index (χ0v) is 16.8. The van der Waals surface area contributed by atoms with E-state index in [1.165, 1.54) is 24.4 Å². The van der Waals surface area contributed by atoms with E-state index in [1.54, 1.807) is 24.0 Å². The average Bonchev–Trinajstić information content (AvgIpc) is 3.36. The number of aryl methyl sites for hydroxylation is 1. The van der Waals surface area contributed by atoms with E-state index in [0.717, 1.165) is 12.1 Å². The predicted octanol–water partition coefficient (Wildman–Crippen LogP) is 2.91. The van der Waals surface area contributed by atoms with Crippen LogP contribution in [-0.4, -0.2) is 39.2 Å². The molecule has 11 heteroatoms. The van der Waals surface area contributed by atoms with Crippen molar-refractivity contribution in [3.8, 4) is 22.9 Å².